The fourth-order valence-corrected chi connectivity index (χ4v) is 1.35. The number of carbonyl (C=O) groups is 1. The maximum absolute atomic E-state index is 10.4. The normalized spacial score (nSPS) is 20.6. The second-order valence-corrected chi connectivity index (χ2v) is 3.54. The number of hydrogen-bond donors (Lipinski definition) is 2. The van der Waals surface area contributed by atoms with Gasteiger partial charge in [-0.05, 0) is 18.8 Å². The summed E-state index contributed by atoms with van der Waals surface area (Å²) in [5, 5.41) is 8.49. The van der Waals surface area contributed by atoms with Gasteiger partial charge < -0.3 is 20.3 Å². The monoisotopic (exact) mass is 203 g/mol. The van der Waals surface area contributed by atoms with Crippen molar-refractivity contribution in [3.63, 3.8) is 0 Å². The molecule has 1 aliphatic rings. The van der Waals surface area contributed by atoms with Crippen LogP contribution in [0.4, 0.5) is 0 Å². The van der Waals surface area contributed by atoms with Crippen LogP contribution in [0, 0.1) is 5.92 Å². The van der Waals surface area contributed by atoms with Gasteiger partial charge in [0, 0.05) is 19.8 Å². The molecule has 0 unspecified atom stereocenters. The van der Waals surface area contributed by atoms with Gasteiger partial charge in [-0.2, -0.15) is 0 Å². The maximum Gasteiger partial charge on any atom is 0.322 e. The Morgan fingerprint density at radius 2 is 2.21 bits per heavy atom. The summed E-state index contributed by atoms with van der Waals surface area (Å²) in [5.41, 5.74) is 5.28. The molecule has 14 heavy (non-hydrogen) atoms. The van der Waals surface area contributed by atoms with Crippen LogP contribution in [0.2, 0.25) is 0 Å². The van der Waals surface area contributed by atoms with Crippen molar-refractivity contribution in [1.29, 1.82) is 0 Å². The number of aliphatic carboxylic acids is 1. The average molecular weight is 203 g/mol. The summed E-state index contributed by atoms with van der Waals surface area (Å²) in [6, 6.07) is -0.908. The Morgan fingerprint density at radius 1 is 1.57 bits per heavy atom. The second kappa shape index (κ2) is 5.95. The molecule has 1 saturated heterocycles. The van der Waals surface area contributed by atoms with Crippen LogP contribution in [0.25, 0.3) is 0 Å². The zero-order valence-electron chi connectivity index (χ0n) is 8.15. The van der Waals surface area contributed by atoms with Gasteiger partial charge in [-0.1, -0.05) is 0 Å². The molecule has 1 rings (SSSR count). The van der Waals surface area contributed by atoms with Gasteiger partial charge >= 0.3 is 5.97 Å². The van der Waals surface area contributed by atoms with Crippen LogP contribution in [0.15, 0.2) is 0 Å². The van der Waals surface area contributed by atoms with Crippen molar-refractivity contribution in [3.8, 4) is 0 Å². The highest BCUT2D eigenvalue weighted by Gasteiger charge is 2.16. The third-order valence-electron chi connectivity index (χ3n) is 2.31. The van der Waals surface area contributed by atoms with Gasteiger partial charge in [0.15, 0.2) is 0 Å². The van der Waals surface area contributed by atoms with E-state index in [0.29, 0.717) is 12.5 Å². The third kappa shape index (κ3) is 4.04. The molecular weight excluding hydrogens is 186 g/mol. The minimum Gasteiger partial charge on any atom is -0.480 e. The van der Waals surface area contributed by atoms with E-state index < -0.39 is 12.0 Å². The molecular formula is C9H17NO4. The quantitative estimate of drug-likeness (QED) is 0.649. The van der Waals surface area contributed by atoms with Crippen molar-refractivity contribution < 1.29 is 19.4 Å². The Labute approximate surface area is 83.2 Å². The summed E-state index contributed by atoms with van der Waals surface area (Å²) in [7, 11) is 0. The van der Waals surface area contributed by atoms with Crippen LogP contribution in [0.3, 0.4) is 0 Å². The van der Waals surface area contributed by atoms with Gasteiger partial charge in [0.05, 0.1) is 6.61 Å². The van der Waals surface area contributed by atoms with Crippen LogP contribution in [-0.2, 0) is 14.3 Å². The summed E-state index contributed by atoms with van der Waals surface area (Å²) in [5.74, 6) is -0.526. The summed E-state index contributed by atoms with van der Waals surface area (Å²) in [6.07, 6.45) is 1.98. The van der Waals surface area contributed by atoms with Gasteiger partial charge in [-0.3, -0.25) is 4.79 Å². The molecule has 0 aromatic carbocycles. The second-order valence-electron chi connectivity index (χ2n) is 3.54. The molecule has 0 aromatic heterocycles. The molecule has 0 spiro atoms. The van der Waals surface area contributed by atoms with Crippen molar-refractivity contribution >= 4 is 5.97 Å². The third-order valence-corrected chi connectivity index (χ3v) is 2.31. The predicted octanol–water partition coefficient (Wildman–Crippen LogP) is -0.159. The van der Waals surface area contributed by atoms with E-state index in [-0.39, 0.29) is 6.61 Å². The Kier molecular flexibility index (Phi) is 4.86. The van der Waals surface area contributed by atoms with E-state index in [9.17, 15) is 4.79 Å². The molecule has 1 atom stereocenters. The first kappa shape index (κ1) is 11.4. The van der Waals surface area contributed by atoms with Crippen molar-refractivity contribution in [2.45, 2.75) is 18.9 Å². The Morgan fingerprint density at radius 3 is 2.79 bits per heavy atom. The minimum atomic E-state index is -1.02. The molecule has 5 nitrogen and oxygen atoms in total. The molecule has 0 aliphatic carbocycles. The highest BCUT2D eigenvalue weighted by atomic mass is 16.5. The van der Waals surface area contributed by atoms with Gasteiger partial charge in [0.1, 0.15) is 6.04 Å². The lowest BCUT2D eigenvalue weighted by atomic mass is 10.0. The summed E-state index contributed by atoms with van der Waals surface area (Å²) < 4.78 is 10.4. The van der Waals surface area contributed by atoms with Crippen molar-refractivity contribution in [2.24, 2.45) is 11.7 Å². The summed E-state index contributed by atoms with van der Waals surface area (Å²) in [6.45, 7) is 2.23. The largest absolute Gasteiger partial charge is 0.480 e. The maximum atomic E-state index is 10.4. The number of rotatable bonds is 5. The molecule has 0 radical (unpaired) electrons. The van der Waals surface area contributed by atoms with Gasteiger partial charge in [0.2, 0.25) is 0 Å². The van der Waals surface area contributed by atoms with Crippen molar-refractivity contribution in [1.82, 2.24) is 0 Å². The fraction of sp³-hybridized carbons (Fsp3) is 0.889. The summed E-state index contributed by atoms with van der Waals surface area (Å²) >= 11 is 0. The van der Waals surface area contributed by atoms with Crippen molar-refractivity contribution in [3.05, 3.63) is 0 Å². The molecule has 5 heteroatoms. The van der Waals surface area contributed by atoms with Crippen LogP contribution < -0.4 is 5.73 Å². The lowest BCUT2D eigenvalue weighted by Crippen LogP contribution is -2.35. The van der Waals surface area contributed by atoms with Crippen molar-refractivity contribution in [2.75, 3.05) is 26.4 Å². The smallest absolute Gasteiger partial charge is 0.322 e. The van der Waals surface area contributed by atoms with E-state index >= 15 is 0 Å². The van der Waals surface area contributed by atoms with E-state index in [2.05, 4.69) is 0 Å². The van der Waals surface area contributed by atoms with E-state index in [1.54, 1.807) is 0 Å². The zero-order valence-corrected chi connectivity index (χ0v) is 8.15. The Balaban J connectivity index is 2.05. The Bertz CT molecular complexity index is 180. The molecule has 1 heterocycles. The van der Waals surface area contributed by atoms with Gasteiger partial charge in [-0.15, -0.1) is 0 Å². The molecule has 3 N–H and O–H groups in total. The number of carboxylic acids is 1. The Hall–Kier alpha value is -0.650. The first-order chi connectivity index (χ1) is 6.70. The number of hydrogen-bond acceptors (Lipinski definition) is 4. The van der Waals surface area contributed by atoms with Crippen LogP contribution in [0.1, 0.15) is 12.8 Å². The molecule has 1 fully saturated rings. The fourth-order valence-electron chi connectivity index (χ4n) is 1.35. The van der Waals surface area contributed by atoms with Crippen LogP contribution in [-0.4, -0.2) is 43.5 Å². The molecule has 0 amide bonds. The number of ether oxygens (including phenoxy) is 2. The van der Waals surface area contributed by atoms with Crippen LogP contribution >= 0.6 is 0 Å². The molecule has 82 valence electrons. The highest BCUT2D eigenvalue weighted by molar-refractivity contribution is 5.73. The van der Waals surface area contributed by atoms with Gasteiger partial charge in [0.25, 0.3) is 0 Å². The van der Waals surface area contributed by atoms with E-state index in [0.717, 1.165) is 26.1 Å². The standard InChI is InChI=1S/C9H17NO4/c10-8(9(11)12)6-14-5-7-1-3-13-4-2-7/h7-8H,1-6,10H2,(H,11,12)/t8-/m0/s1. The average Bonchev–Trinajstić information content (AvgIpc) is 2.19. The zero-order chi connectivity index (χ0) is 10.4. The SMILES string of the molecule is N[C@@H](COCC1CCOCC1)C(=O)O. The van der Waals surface area contributed by atoms with E-state index in [1.165, 1.54) is 0 Å². The summed E-state index contributed by atoms with van der Waals surface area (Å²) in [4.78, 5) is 10.4. The minimum absolute atomic E-state index is 0.0900. The van der Waals surface area contributed by atoms with Crippen LogP contribution in [0.5, 0.6) is 0 Å². The number of nitrogens with two attached hydrogens (primary N) is 1. The first-order valence-electron chi connectivity index (χ1n) is 4.84. The van der Waals surface area contributed by atoms with Gasteiger partial charge in [-0.25, -0.2) is 0 Å². The number of carboxylic acid groups (broad SMARTS) is 1. The van der Waals surface area contributed by atoms with E-state index in [4.69, 9.17) is 20.3 Å². The molecule has 1 aliphatic heterocycles. The molecule has 0 aromatic rings. The lowest BCUT2D eigenvalue weighted by Gasteiger charge is -2.22. The lowest BCUT2D eigenvalue weighted by molar-refractivity contribution is -0.140. The predicted molar refractivity (Wildman–Crippen MR) is 50.0 cm³/mol. The topological polar surface area (TPSA) is 81.8 Å². The highest BCUT2D eigenvalue weighted by Crippen LogP contribution is 2.14. The molecule has 0 saturated carbocycles. The van der Waals surface area contributed by atoms with E-state index in [1.807, 2.05) is 0 Å². The first-order valence-corrected chi connectivity index (χ1v) is 4.84. The molecule has 0 bridgehead atoms.